The summed E-state index contributed by atoms with van der Waals surface area (Å²) in [6.07, 6.45) is 2.21. The highest BCUT2D eigenvalue weighted by Crippen LogP contribution is 2.24. The maximum Gasteiger partial charge on any atom is 0.322 e. The molecule has 2 unspecified atom stereocenters. The minimum absolute atomic E-state index is 0.179. The second-order valence-corrected chi connectivity index (χ2v) is 4.40. The monoisotopic (exact) mass is 253 g/mol. The Morgan fingerprint density at radius 3 is 2.67 bits per heavy atom. The number of methoxy groups -OCH3 is 2. The number of nitrogens with zero attached hydrogens (tertiary/aromatic N) is 4. The van der Waals surface area contributed by atoms with Crippen molar-refractivity contribution in [1.82, 2.24) is 15.0 Å². The molecule has 2 N–H and O–H groups in total. The van der Waals surface area contributed by atoms with Crippen LogP contribution in [0.4, 0.5) is 11.9 Å². The molecule has 2 heterocycles. The first-order valence-electron chi connectivity index (χ1n) is 5.99. The Balaban J connectivity index is 2.18. The van der Waals surface area contributed by atoms with Crippen LogP contribution in [0.5, 0.6) is 6.01 Å². The molecule has 1 saturated heterocycles. The second-order valence-electron chi connectivity index (χ2n) is 4.40. The maximum atomic E-state index is 5.65. The van der Waals surface area contributed by atoms with Gasteiger partial charge in [-0.3, -0.25) is 0 Å². The number of nitrogen functional groups attached to an aromatic ring is 1. The molecule has 1 aliphatic heterocycles. The van der Waals surface area contributed by atoms with Gasteiger partial charge in [-0.2, -0.15) is 15.0 Å². The quantitative estimate of drug-likeness (QED) is 0.837. The van der Waals surface area contributed by atoms with E-state index in [-0.39, 0.29) is 12.0 Å². The van der Waals surface area contributed by atoms with Gasteiger partial charge in [-0.05, 0) is 19.8 Å². The van der Waals surface area contributed by atoms with E-state index in [1.54, 1.807) is 7.11 Å². The van der Waals surface area contributed by atoms with Crippen molar-refractivity contribution in [3.05, 3.63) is 0 Å². The number of rotatable bonds is 3. The van der Waals surface area contributed by atoms with Crippen LogP contribution in [-0.2, 0) is 4.74 Å². The third-order valence-corrected chi connectivity index (χ3v) is 3.22. The molecule has 0 saturated carbocycles. The number of nitrogens with two attached hydrogens (primary N) is 1. The lowest BCUT2D eigenvalue weighted by atomic mass is 10.0. The first-order valence-corrected chi connectivity index (χ1v) is 5.99. The fourth-order valence-electron chi connectivity index (χ4n) is 2.22. The summed E-state index contributed by atoms with van der Waals surface area (Å²) in [7, 11) is 3.26. The predicted octanol–water partition coefficient (Wildman–Crippen LogP) is 0.466. The van der Waals surface area contributed by atoms with Gasteiger partial charge < -0.3 is 20.1 Å². The number of ether oxygens (including phenoxy) is 2. The Morgan fingerprint density at radius 1 is 1.28 bits per heavy atom. The minimum atomic E-state index is 0.179. The third kappa shape index (κ3) is 2.61. The SMILES string of the molecule is COc1nc(N)nc(N2CCC(OC)CC2C)n1. The summed E-state index contributed by atoms with van der Waals surface area (Å²) in [5.41, 5.74) is 5.65. The second kappa shape index (κ2) is 5.34. The molecule has 7 nitrogen and oxygen atoms in total. The van der Waals surface area contributed by atoms with Crippen molar-refractivity contribution in [3.63, 3.8) is 0 Å². The minimum Gasteiger partial charge on any atom is -0.467 e. The predicted molar refractivity (Wildman–Crippen MR) is 67.6 cm³/mol. The fourth-order valence-corrected chi connectivity index (χ4v) is 2.22. The average Bonchev–Trinajstić information content (AvgIpc) is 2.37. The van der Waals surface area contributed by atoms with E-state index < -0.39 is 0 Å². The van der Waals surface area contributed by atoms with Crippen molar-refractivity contribution in [2.45, 2.75) is 31.9 Å². The molecule has 0 bridgehead atoms. The highest BCUT2D eigenvalue weighted by molar-refractivity contribution is 5.37. The summed E-state index contributed by atoms with van der Waals surface area (Å²) in [6, 6.07) is 0.550. The van der Waals surface area contributed by atoms with Crippen LogP contribution in [0.3, 0.4) is 0 Å². The smallest absolute Gasteiger partial charge is 0.322 e. The molecule has 7 heteroatoms. The lowest BCUT2D eigenvalue weighted by molar-refractivity contribution is 0.0717. The first-order chi connectivity index (χ1) is 8.63. The summed E-state index contributed by atoms with van der Waals surface area (Å²) < 4.78 is 10.4. The summed E-state index contributed by atoms with van der Waals surface area (Å²) in [6.45, 7) is 2.96. The first kappa shape index (κ1) is 12.8. The zero-order chi connectivity index (χ0) is 13.1. The van der Waals surface area contributed by atoms with Gasteiger partial charge in [0.25, 0.3) is 0 Å². The van der Waals surface area contributed by atoms with Gasteiger partial charge in [-0.15, -0.1) is 0 Å². The Bertz CT molecular complexity index is 414. The number of anilines is 2. The summed E-state index contributed by atoms with van der Waals surface area (Å²) in [5.74, 6) is 0.749. The molecule has 0 aromatic carbocycles. The van der Waals surface area contributed by atoms with E-state index >= 15 is 0 Å². The molecule has 0 spiro atoms. The van der Waals surface area contributed by atoms with Crippen LogP contribution in [0.25, 0.3) is 0 Å². The van der Waals surface area contributed by atoms with Crippen molar-refractivity contribution in [2.75, 3.05) is 31.4 Å². The van der Waals surface area contributed by atoms with Crippen LogP contribution in [0, 0.1) is 0 Å². The molecule has 2 rings (SSSR count). The van der Waals surface area contributed by atoms with Gasteiger partial charge in [0, 0.05) is 19.7 Å². The lowest BCUT2D eigenvalue weighted by Gasteiger charge is -2.37. The van der Waals surface area contributed by atoms with Crippen molar-refractivity contribution in [1.29, 1.82) is 0 Å². The van der Waals surface area contributed by atoms with E-state index in [2.05, 4.69) is 26.8 Å². The molecular formula is C11H19N5O2. The van der Waals surface area contributed by atoms with Crippen molar-refractivity contribution in [2.24, 2.45) is 0 Å². The van der Waals surface area contributed by atoms with Gasteiger partial charge in [0.05, 0.1) is 13.2 Å². The molecule has 0 amide bonds. The van der Waals surface area contributed by atoms with Crippen molar-refractivity contribution < 1.29 is 9.47 Å². The van der Waals surface area contributed by atoms with E-state index in [4.69, 9.17) is 15.2 Å². The van der Waals surface area contributed by atoms with E-state index in [0.29, 0.717) is 18.1 Å². The molecule has 1 aliphatic rings. The molecule has 1 aromatic heterocycles. The van der Waals surface area contributed by atoms with E-state index in [1.807, 2.05) is 0 Å². The highest BCUT2D eigenvalue weighted by Gasteiger charge is 2.27. The van der Waals surface area contributed by atoms with Crippen LogP contribution in [-0.4, -0.2) is 47.9 Å². The van der Waals surface area contributed by atoms with Crippen LogP contribution < -0.4 is 15.4 Å². The zero-order valence-corrected chi connectivity index (χ0v) is 11.0. The Hall–Kier alpha value is -1.63. The van der Waals surface area contributed by atoms with E-state index in [1.165, 1.54) is 7.11 Å². The standard InChI is InChI=1S/C11H19N5O2/c1-7-6-8(17-2)4-5-16(7)10-13-9(12)14-11(15-10)18-3/h7-8H,4-6H2,1-3H3,(H2,12,13,14,15). The molecule has 0 radical (unpaired) electrons. The van der Waals surface area contributed by atoms with Gasteiger partial charge in [0.15, 0.2) is 0 Å². The summed E-state index contributed by atoms with van der Waals surface area (Å²) >= 11 is 0. The van der Waals surface area contributed by atoms with Gasteiger partial charge in [-0.25, -0.2) is 0 Å². The van der Waals surface area contributed by atoms with Crippen LogP contribution in [0.1, 0.15) is 19.8 Å². The Labute approximate surface area is 106 Å². The maximum absolute atomic E-state index is 5.65. The van der Waals surface area contributed by atoms with Gasteiger partial charge in [0.1, 0.15) is 0 Å². The van der Waals surface area contributed by atoms with E-state index in [9.17, 15) is 0 Å². The van der Waals surface area contributed by atoms with Crippen LogP contribution in [0.15, 0.2) is 0 Å². The van der Waals surface area contributed by atoms with Crippen molar-refractivity contribution in [3.8, 4) is 6.01 Å². The number of hydrogen-bond donors (Lipinski definition) is 1. The largest absolute Gasteiger partial charge is 0.467 e. The Morgan fingerprint density at radius 2 is 2.06 bits per heavy atom. The highest BCUT2D eigenvalue weighted by atomic mass is 16.5. The van der Waals surface area contributed by atoms with E-state index in [0.717, 1.165) is 19.4 Å². The molecule has 1 aromatic rings. The number of piperidine rings is 1. The number of hydrogen-bond acceptors (Lipinski definition) is 7. The topological polar surface area (TPSA) is 86.4 Å². The van der Waals surface area contributed by atoms with Crippen LogP contribution >= 0.6 is 0 Å². The molecular weight excluding hydrogens is 234 g/mol. The van der Waals surface area contributed by atoms with Crippen LogP contribution in [0.2, 0.25) is 0 Å². The molecule has 1 fully saturated rings. The summed E-state index contributed by atoms with van der Waals surface area (Å²) in [4.78, 5) is 14.4. The molecule has 18 heavy (non-hydrogen) atoms. The number of aromatic nitrogens is 3. The molecule has 0 aliphatic carbocycles. The zero-order valence-electron chi connectivity index (χ0n) is 11.0. The van der Waals surface area contributed by atoms with Gasteiger partial charge in [0.2, 0.25) is 11.9 Å². The fraction of sp³-hybridized carbons (Fsp3) is 0.727. The summed E-state index contributed by atoms with van der Waals surface area (Å²) in [5, 5.41) is 0. The lowest BCUT2D eigenvalue weighted by Crippen LogP contribution is -2.44. The normalized spacial score (nSPS) is 24.1. The van der Waals surface area contributed by atoms with Gasteiger partial charge in [-0.1, -0.05) is 0 Å². The molecule has 100 valence electrons. The van der Waals surface area contributed by atoms with Gasteiger partial charge >= 0.3 is 6.01 Å². The van der Waals surface area contributed by atoms with Crippen molar-refractivity contribution >= 4 is 11.9 Å². The average molecular weight is 253 g/mol. The Kier molecular flexibility index (Phi) is 3.81. The molecule has 2 atom stereocenters. The third-order valence-electron chi connectivity index (χ3n) is 3.22.